The molecule has 4 aliphatic rings. The van der Waals surface area contributed by atoms with Gasteiger partial charge in [0.1, 0.15) is 0 Å². The molecule has 0 aromatic rings. The predicted molar refractivity (Wildman–Crippen MR) is 50.4 cm³/mol. The Hall–Kier alpha value is -0.380. The zero-order chi connectivity index (χ0) is 9.34. The summed E-state index contributed by atoms with van der Waals surface area (Å²) in [7, 11) is 2.05. The molecule has 2 bridgehead atoms. The van der Waals surface area contributed by atoms with Crippen LogP contribution in [-0.4, -0.2) is 37.5 Å². The highest BCUT2D eigenvalue weighted by molar-refractivity contribution is 5.25. The molecule has 76 valence electrons. The number of fused-ring (bicyclic) bond motifs is 3. The van der Waals surface area contributed by atoms with Crippen LogP contribution in [0.3, 0.4) is 0 Å². The molecule has 0 unspecified atom stereocenters. The fourth-order valence-corrected chi connectivity index (χ4v) is 4.06. The number of rotatable bonds is 0. The Labute approximate surface area is 83.6 Å². The molecule has 0 aromatic carbocycles. The van der Waals surface area contributed by atoms with E-state index in [9.17, 15) is 0 Å². The minimum atomic E-state index is 0.300. The summed E-state index contributed by atoms with van der Waals surface area (Å²) in [6, 6.07) is 0.493. The Morgan fingerprint density at radius 1 is 1.43 bits per heavy atom. The van der Waals surface area contributed by atoms with E-state index < -0.39 is 0 Å². The first-order valence-electron chi connectivity index (χ1n) is 5.48. The fraction of sp³-hybridized carbons (Fsp3) is 0.818. The van der Waals surface area contributed by atoms with Crippen LogP contribution >= 0.6 is 0 Å². The summed E-state index contributed by atoms with van der Waals surface area (Å²) in [6.07, 6.45) is 6.42. The monoisotopic (exact) mass is 193 g/mol. The van der Waals surface area contributed by atoms with Gasteiger partial charge >= 0.3 is 0 Å². The second-order valence-electron chi connectivity index (χ2n) is 5.11. The van der Waals surface area contributed by atoms with E-state index in [1.807, 2.05) is 5.06 Å². The quantitative estimate of drug-likeness (QED) is 0.532. The van der Waals surface area contributed by atoms with Crippen molar-refractivity contribution in [3.63, 3.8) is 0 Å². The smallest absolute Gasteiger partial charge is 0.0956 e. The summed E-state index contributed by atoms with van der Waals surface area (Å²) in [4.78, 5) is 5.98. The third kappa shape index (κ3) is 0.630. The van der Waals surface area contributed by atoms with Gasteiger partial charge in [-0.3, -0.25) is 4.84 Å². The molecule has 2 saturated heterocycles. The Morgan fingerprint density at radius 2 is 2.36 bits per heavy atom. The summed E-state index contributed by atoms with van der Waals surface area (Å²) in [6.45, 7) is 1.75. The Balaban J connectivity index is 1.86. The van der Waals surface area contributed by atoms with Crippen LogP contribution in [0.25, 0.3) is 0 Å². The van der Waals surface area contributed by atoms with E-state index >= 15 is 0 Å². The third-order valence-electron chi connectivity index (χ3n) is 4.69. The first kappa shape index (κ1) is 7.85. The molecule has 3 heteroatoms. The lowest BCUT2D eigenvalue weighted by molar-refractivity contribution is -0.163. The van der Waals surface area contributed by atoms with Crippen LogP contribution in [0.4, 0.5) is 0 Å². The van der Waals surface area contributed by atoms with Crippen molar-refractivity contribution in [2.45, 2.75) is 18.6 Å². The highest BCUT2D eigenvalue weighted by Crippen LogP contribution is 2.61. The van der Waals surface area contributed by atoms with Crippen molar-refractivity contribution >= 4 is 0 Å². The molecule has 0 N–H and O–H groups in total. The van der Waals surface area contributed by atoms with E-state index in [-0.39, 0.29) is 0 Å². The molecule has 5 atom stereocenters. The van der Waals surface area contributed by atoms with Crippen molar-refractivity contribution in [3.8, 4) is 0 Å². The number of ether oxygens (including phenoxy) is 1. The summed E-state index contributed by atoms with van der Waals surface area (Å²) in [5.41, 5.74) is 0.300. The zero-order valence-electron chi connectivity index (χ0n) is 8.35. The standard InChI is InChI=1S/C11H15NO2/c1-12-9-5-13-6-11(9)8-3-2-7(4-8)10(11)14-12/h2-3,7-10H,4-6H2,1H3/t7-,8+,9+,10+,11+/m1/s1. The predicted octanol–water partition coefficient (Wildman–Crippen LogP) is 0.823. The van der Waals surface area contributed by atoms with Crippen LogP contribution in [0.5, 0.6) is 0 Å². The topological polar surface area (TPSA) is 21.7 Å². The summed E-state index contributed by atoms with van der Waals surface area (Å²) < 4.78 is 5.68. The van der Waals surface area contributed by atoms with Gasteiger partial charge < -0.3 is 4.74 Å². The second kappa shape index (κ2) is 2.23. The van der Waals surface area contributed by atoms with Crippen LogP contribution in [0.2, 0.25) is 0 Å². The van der Waals surface area contributed by atoms with E-state index in [1.165, 1.54) is 6.42 Å². The number of hydroxylamine groups is 2. The van der Waals surface area contributed by atoms with Crippen molar-refractivity contribution in [1.82, 2.24) is 5.06 Å². The van der Waals surface area contributed by atoms with Crippen molar-refractivity contribution in [1.29, 1.82) is 0 Å². The molecule has 3 fully saturated rings. The van der Waals surface area contributed by atoms with Gasteiger partial charge in [0.05, 0.1) is 25.4 Å². The molecule has 2 aliphatic heterocycles. The van der Waals surface area contributed by atoms with Gasteiger partial charge in [0.2, 0.25) is 0 Å². The first-order chi connectivity index (χ1) is 6.82. The van der Waals surface area contributed by atoms with E-state index in [1.54, 1.807) is 0 Å². The van der Waals surface area contributed by atoms with Crippen molar-refractivity contribution < 1.29 is 9.57 Å². The van der Waals surface area contributed by atoms with Gasteiger partial charge in [-0.2, -0.15) is 5.06 Å². The van der Waals surface area contributed by atoms with Gasteiger partial charge in [0.25, 0.3) is 0 Å². The molecule has 4 rings (SSSR count). The minimum absolute atomic E-state index is 0.300. The highest BCUT2D eigenvalue weighted by atomic mass is 16.7. The number of hydrogen-bond acceptors (Lipinski definition) is 3. The molecule has 0 aromatic heterocycles. The molecule has 1 spiro atoms. The lowest BCUT2D eigenvalue weighted by atomic mass is 9.71. The van der Waals surface area contributed by atoms with Gasteiger partial charge in [-0.1, -0.05) is 12.2 Å². The number of nitrogens with zero attached hydrogens (tertiary/aromatic N) is 1. The van der Waals surface area contributed by atoms with E-state index in [0.717, 1.165) is 13.2 Å². The van der Waals surface area contributed by atoms with Gasteiger partial charge in [0, 0.05) is 18.4 Å². The lowest BCUT2D eigenvalue weighted by Gasteiger charge is -2.32. The largest absolute Gasteiger partial charge is 0.379 e. The van der Waals surface area contributed by atoms with Crippen LogP contribution in [0.1, 0.15) is 6.42 Å². The van der Waals surface area contributed by atoms with Crippen LogP contribution in [0, 0.1) is 17.3 Å². The maximum absolute atomic E-state index is 5.98. The maximum Gasteiger partial charge on any atom is 0.0956 e. The Kier molecular flexibility index (Phi) is 1.25. The average Bonchev–Trinajstić information content (AvgIpc) is 2.84. The van der Waals surface area contributed by atoms with Gasteiger partial charge in [-0.25, -0.2) is 0 Å². The minimum Gasteiger partial charge on any atom is -0.379 e. The molecular formula is C11H15NO2. The SMILES string of the molecule is CN1O[C@H]2[C@@H]3C=C[C@@H](C3)[C@]23COC[C@H]13. The average molecular weight is 193 g/mol. The zero-order valence-corrected chi connectivity index (χ0v) is 8.35. The molecule has 1 saturated carbocycles. The summed E-state index contributed by atoms with van der Waals surface area (Å²) in [5, 5.41) is 2.05. The number of likely N-dealkylation sites (N-methyl/N-ethyl adjacent to an activating group) is 1. The highest BCUT2D eigenvalue weighted by Gasteiger charge is 2.68. The third-order valence-corrected chi connectivity index (χ3v) is 4.69. The van der Waals surface area contributed by atoms with Gasteiger partial charge in [-0.05, 0) is 12.3 Å². The maximum atomic E-state index is 5.98. The summed E-state index contributed by atoms with van der Waals surface area (Å²) in [5.74, 6) is 1.35. The normalized spacial score (nSPS) is 59.5. The van der Waals surface area contributed by atoms with E-state index in [2.05, 4.69) is 19.2 Å². The van der Waals surface area contributed by atoms with Crippen molar-refractivity contribution in [2.24, 2.45) is 17.3 Å². The van der Waals surface area contributed by atoms with Crippen molar-refractivity contribution in [3.05, 3.63) is 12.2 Å². The van der Waals surface area contributed by atoms with E-state index in [0.29, 0.717) is 29.4 Å². The Bertz CT molecular complexity index is 316. The fourth-order valence-electron chi connectivity index (χ4n) is 4.06. The van der Waals surface area contributed by atoms with Crippen LogP contribution < -0.4 is 0 Å². The van der Waals surface area contributed by atoms with Crippen LogP contribution in [-0.2, 0) is 9.57 Å². The van der Waals surface area contributed by atoms with Gasteiger partial charge in [-0.15, -0.1) is 0 Å². The van der Waals surface area contributed by atoms with Gasteiger partial charge in [0.15, 0.2) is 0 Å². The number of allylic oxidation sites excluding steroid dienone is 1. The van der Waals surface area contributed by atoms with Crippen molar-refractivity contribution in [2.75, 3.05) is 20.3 Å². The Morgan fingerprint density at radius 3 is 3.29 bits per heavy atom. The molecule has 3 nitrogen and oxygen atoms in total. The van der Waals surface area contributed by atoms with Crippen LogP contribution in [0.15, 0.2) is 12.2 Å². The lowest BCUT2D eigenvalue weighted by Crippen LogP contribution is -2.43. The molecule has 2 aliphatic carbocycles. The second-order valence-corrected chi connectivity index (χ2v) is 5.11. The molecule has 0 radical (unpaired) electrons. The molecule has 2 heterocycles. The number of hydrogen-bond donors (Lipinski definition) is 0. The molecular weight excluding hydrogens is 178 g/mol. The first-order valence-corrected chi connectivity index (χ1v) is 5.48. The molecule has 0 amide bonds. The summed E-state index contributed by atoms with van der Waals surface area (Å²) >= 11 is 0. The molecule has 14 heavy (non-hydrogen) atoms. The van der Waals surface area contributed by atoms with E-state index in [4.69, 9.17) is 9.57 Å².